The molecule has 0 aromatic heterocycles. The summed E-state index contributed by atoms with van der Waals surface area (Å²) < 4.78 is 0. The molecule has 0 aromatic carbocycles. The first kappa shape index (κ1) is 12.4. The first-order chi connectivity index (χ1) is 8.01. The van der Waals surface area contributed by atoms with Crippen molar-refractivity contribution in [1.82, 2.24) is 5.32 Å². The van der Waals surface area contributed by atoms with Gasteiger partial charge in [-0.3, -0.25) is 9.59 Å². The Morgan fingerprint density at radius 1 is 1.24 bits per heavy atom. The minimum atomic E-state index is -0.728. The lowest BCUT2D eigenvalue weighted by atomic mass is 9.87. The summed E-state index contributed by atoms with van der Waals surface area (Å²) in [4.78, 5) is 23.0. The van der Waals surface area contributed by atoms with Crippen LogP contribution in [0.5, 0.6) is 0 Å². The second-order valence-electron chi connectivity index (χ2n) is 5.79. The number of carbonyl (C=O) groups excluding carboxylic acids is 1. The fraction of sp³-hybridized carbons (Fsp3) is 0.846. The van der Waals surface area contributed by atoms with E-state index in [0.29, 0.717) is 12.8 Å². The minimum Gasteiger partial charge on any atom is -0.481 e. The highest BCUT2D eigenvalue weighted by atomic mass is 16.4. The van der Waals surface area contributed by atoms with Gasteiger partial charge in [0.15, 0.2) is 0 Å². The molecular formula is C13H21NO3. The van der Waals surface area contributed by atoms with Gasteiger partial charge in [-0.05, 0) is 32.1 Å². The first-order valence-corrected chi connectivity index (χ1v) is 6.55. The molecular weight excluding hydrogens is 218 g/mol. The summed E-state index contributed by atoms with van der Waals surface area (Å²) in [5.41, 5.74) is -0.207. The number of hydrogen-bond donors (Lipinski definition) is 2. The van der Waals surface area contributed by atoms with Gasteiger partial charge in [0.1, 0.15) is 0 Å². The molecule has 0 radical (unpaired) electrons. The van der Waals surface area contributed by atoms with Gasteiger partial charge in [-0.15, -0.1) is 0 Å². The third-order valence-corrected chi connectivity index (χ3v) is 4.37. The van der Waals surface area contributed by atoms with Crippen LogP contribution >= 0.6 is 0 Å². The second kappa shape index (κ2) is 4.67. The molecule has 96 valence electrons. The molecule has 0 bridgehead atoms. The highest BCUT2D eigenvalue weighted by Crippen LogP contribution is 2.38. The summed E-state index contributed by atoms with van der Waals surface area (Å²) in [7, 11) is 0. The zero-order chi connectivity index (χ0) is 12.5. The van der Waals surface area contributed by atoms with Crippen molar-refractivity contribution in [3.63, 3.8) is 0 Å². The maximum absolute atomic E-state index is 12.1. The minimum absolute atomic E-state index is 0.0704. The molecule has 1 amide bonds. The van der Waals surface area contributed by atoms with E-state index in [9.17, 15) is 9.59 Å². The molecule has 2 N–H and O–H groups in total. The van der Waals surface area contributed by atoms with Gasteiger partial charge in [0, 0.05) is 11.5 Å². The van der Waals surface area contributed by atoms with Gasteiger partial charge in [-0.25, -0.2) is 0 Å². The van der Waals surface area contributed by atoms with Crippen LogP contribution in [0.25, 0.3) is 0 Å². The van der Waals surface area contributed by atoms with E-state index in [1.807, 2.05) is 6.92 Å². The molecule has 17 heavy (non-hydrogen) atoms. The Balaban J connectivity index is 1.86. The summed E-state index contributed by atoms with van der Waals surface area (Å²) >= 11 is 0. The van der Waals surface area contributed by atoms with Gasteiger partial charge in [0.05, 0.1) is 5.92 Å². The maximum Gasteiger partial charge on any atom is 0.306 e. The Morgan fingerprint density at radius 2 is 1.88 bits per heavy atom. The van der Waals surface area contributed by atoms with E-state index in [1.165, 1.54) is 0 Å². The zero-order valence-corrected chi connectivity index (χ0v) is 10.4. The summed E-state index contributed by atoms with van der Waals surface area (Å²) in [6, 6.07) is 0.0704. The zero-order valence-electron chi connectivity index (χ0n) is 10.4. The van der Waals surface area contributed by atoms with Crippen LogP contribution in [0.1, 0.15) is 51.9 Å². The normalized spacial score (nSPS) is 31.4. The van der Waals surface area contributed by atoms with Crippen molar-refractivity contribution in [2.75, 3.05) is 0 Å². The molecule has 4 heteroatoms. The van der Waals surface area contributed by atoms with Gasteiger partial charge >= 0.3 is 5.97 Å². The summed E-state index contributed by atoms with van der Waals surface area (Å²) in [5.74, 6) is -0.864. The number of nitrogens with one attached hydrogen (secondary N) is 1. The Hall–Kier alpha value is -1.06. The van der Waals surface area contributed by atoms with Crippen molar-refractivity contribution >= 4 is 11.9 Å². The second-order valence-corrected chi connectivity index (χ2v) is 5.79. The molecule has 2 aliphatic carbocycles. The van der Waals surface area contributed by atoms with E-state index < -0.39 is 5.97 Å². The topological polar surface area (TPSA) is 66.4 Å². The molecule has 0 saturated heterocycles. The fourth-order valence-corrected chi connectivity index (χ4v) is 3.08. The van der Waals surface area contributed by atoms with Crippen LogP contribution in [-0.4, -0.2) is 23.0 Å². The molecule has 0 aliphatic heterocycles. The maximum atomic E-state index is 12.1. The summed E-state index contributed by atoms with van der Waals surface area (Å²) in [6.07, 6.45) is 6.29. The molecule has 2 rings (SSSR count). The van der Waals surface area contributed by atoms with Crippen molar-refractivity contribution in [2.24, 2.45) is 11.3 Å². The predicted molar refractivity (Wildman–Crippen MR) is 63.5 cm³/mol. The lowest BCUT2D eigenvalue weighted by Gasteiger charge is -2.25. The lowest BCUT2D eigenvalue weighted by molar-refractivity contribution is -0.141. The summed E-state index contributed by atoms with van der Waals surface area (Å²) in [5, 5.41) is 12.0. The number of aliphatic carboxylic acids is 1. The molecule has 0 unspecified atom stereocenters. The Morgan fingerprint density at radius 3 is 2.41 bits per heavy atom. The van der Waals surface area contributed by atoms with Crippen LogP contribution in [-0.2, 0) is 9.59 Å². The van der Waals surface area contributed by atoms with Gasteiger partial charge in [-0.1, -0.05) is 19.8 Å². The van der Waals surface area contributed by atoms with E-state index in [-0.39, 0.29) is 23.3 Å². The average molecular weight is 239 g/mol. The Labute approximate surface area is 102 Å². The molecule has 2 saturated carbocycles. The molecule has 2 aliphatic rings. The Bertz CT molecular complexity index is 321. The van der Waals surface area contributed by atoms with Crippen LogP contribution in [0, 0.1) is 11.3 Å². The molecule has 0 heterocycles. The van der Waals surface area contributed by atoms with Crippen molar-refractivity contribution < 1.29 is 14.7 Å². The van der Waals surface area contributed by atoms with Gasteiger partial charge in [0.25, 0.3) is 0 Å². The van der Waals surface area contributed by atoms with Crippen molar-refractivity contribution in [1.29, 1.82) is 0 Å². The standard InChI is InChI=1S/C13H21NO3/c1-13(6-2-3-7-13)12(17)14-10-5-4-9(8-10)11(15)16/h9-10H,2-8H2,1H3,(H,14,17)(H,15,16)/t9-,10+/m1/s1. The van der Waals surface area contributed by atoms with Crippen molar-refractivity contribution in [3.05, 3.63) is 0 Å². The predicted octanol–water partition coefficient (Wildman–Crippen LogP) is 1.94. The highest BCUT2D eigenvalue weighted by molar-refractivity contribution is 5.83. The van der Waals surface area contributed by atoms with Crippen molar-refractivity contribution in [2.45, 2.75) is 57.9 Å². The first-order valence-electron chi connectivity index (χ1n) is 6.55. The third-order valence-electron chi connectivity index (χ3n) is 4.37. The third kappa shape index (κ3) is 2.61. The van der Waals surface area contributed by atoms with Crippen LogP contribution < -0.4 is 5.32 Å². The number of carboxylic acid groups (broad SMARTS) is 1. The quantitative estimate of drug-likeness (QED) is 0.791. The molecule has 2 fully saturated rings. The molecule has 4 nitrogen and oxygen atoms in total. The van der Waals surface area contributed by atoms with Crippen LogP contribution in [0.15, 0.2) is 0 Å². The number of carbonyl (C=O) groups is 2. The molecule has 2 atom stereocenters. The van der Waals surface area contributed by atoms with Crippen molar-refractivity contribution in [3.8, 4) is 0 Å². The van der Waals surface area contributed by atoms with Gasteiger partial charge in [0.2, 0.25) is 5.91 Å². The monoisotopic (exact) mass is 239 g/mol. The van der Waals surface area contributed by atoms with E-state index in [4.69, 9.17) is 5.11 Å². The van der Waals surface area contributed by atoms with Crippen LogP contribution in [0.2, 0.25) is 0 Å². The molecule has 0 spiro atoms. The van der Waals surface area contributed by atoms with E-state index in [0.717, 1.165) is 32.1 Å². The summed E-state index contributed by atoms with van der Waals surface area (Å²) in [6.45, 7) is 2.03. The highest BCUT2D eigenvalue weighted by Gasteiger charge is 2.38. The fourth-order valence-electron chi connectivity index (χ4n) is 3.08. The number of amides is 1. The van der Waals surface area contributed by atoms with E-state index in [2.05, 4.69) is 5.32 Å². The van der Waals surface area contributed by atoms with Gasteiger partial charge < -0.3 is 10.4 Å². The smallest absolute Gasteiger partial charge is 0.306 e. The van der Waals surface area contributed by atoms with Crippen LogP contribution in [0.3, 0.4) is 0 Å². The lowest BCUT2D eigenvalue weighted by Crippen LogP contribution is -2.42. The number of rotatable bonds is 3. The van der Waals surface area contributed by atoms with Crippen LogP contribution in [0.4, 0.5) is 0 Å². The largest absolute Gasteiger partial charge is 0.481 e. The van der Waals surface area contributed by atoms with E-state index in [1.54, 1.807) is 0 Å². The average Bonchev–Trinajstić information content (AvgIpc) is 2.88. The SMILES string of the molecule is CC1(C(=O)N[C@H]2CC[C@@H](C(=O)O)C2)CCCC1. The number of carboxylic acids is 1. The van der Waals surface area contributed by atoms with Gasteiger partial charge in [-0.2, -0.15) is 0 Å². The Kier molecular flexibility index (Phi) is 3.40. The molecule has 0 aromatic rings. The van der Waals surface area contributed by atoms with E-state index >= 15 is 0 Å². The number of hydrogen-bond acceptors (Lipinski definition) is 2.